The number of carboxylic acid groups (broad SMARTS) is 1. The summed E-state index contributed by atoms with van der Waals surface area (Å²) in [7, 11) is 1.36. The zero-order valence-electron chi connectivity index (χ0n) is 6.20. The molecule has 1 aliphatic carbocycles. The average molecular weight is 158 g/mol. The van der Waals surface area contributed by atoms with Gasteiger partial charge in [0, 0.05) is 7.05 Å². The van der Waals surface area contributed by atoms with Crippen molar-refractivity contribution in [3.05, 3.63) is 0 Å². The molecule has 0 unspecified atom stereocenters. The molecule has 0 radical (unpaired) electrons. The largest absolute Gasteiger partial charge is 0.465 e. The Balaban J connectivity index is 2.73. The minimum atomic E-state index is -1.11. The molecule has 62 valence electrons. The van der Waals surface area contributed by atoms with Gasteiger partial charge < -0.3 is 10.8 Å². The van der Waals surface area contributed by atoms with E-state index < -0.39 is 17.5 Å². The van der Waals surface area contributed by atoms with Gasteiger partial charge in [-0.2, -0.15) is 0 Å². The lowest BCUT2D eigenvalue weighted by atomic mass is 10.2. The minimum absolute atomic E-state index is 0.547. The second-order valence-corrected chi connectivity index (χ2v) is 2.74. The summed E-state index contributed by atoms with van der Waals surface area (Å²) in [5.41, 5.74) is 4.13. The van der Waals surface area contributed by atoms with Crippen LogP contribution in [0, 0.1) is 0 Å². The minimum Gasteiger partial charge on any atom is -0.465 e. The molecule has 0 bridgehead atoms. The third kappa shape index (κ3) is 1.02. The quantitative estimate of drug-likeness (QED) is 0.574. The molecule has 0 saturated heterocycles. The normalized spacial score (nSPS) is 19.0. The number of carbonyl (C=O) groups is 2. The molecule has 3 N–H and O–H groups in total. The number of nitrogens with zero attached hydrogens (tertiary/aromatic N) is 1. The molecule has 0 atom stereocenters. The van der Waals surface area contributed by atoms with Gasteiger partial charge in [-0.1, -0.05) is 0 Å². The molecule has 0 spiro atoms. The Kier molecular flexibility index (Phi) is 1.51. The highest BCUT2D eigenvalue weighted by Gasteiger charge is 2.54. The van der Waals surface area contributed by atoms with Gasteiger partial charge >= 0.3 is 6.09 Å². The molecule has 1 fully saturated rings. The van der Waals surface area contributed by atoms with Crippen molar-refractivity contribution in [1.82, 2.24) is 4.90 Å². The van der Waals surface area contributed by atoms with Crippen LogP contribution in [0.25, 0.3) is 0 Å². The summed E-state index contributed by atoms with van der Waals surface area (Å²) in [4.78, 5) is 22.1. The lowest BCUT2D eigenvalue weighted by Gasteiger charge is -2.21. The molecule has 1 rings (SSSR count). The molecule has 11 heavy (non-hydrogen) atoms. The predicted molar refractivity (Wildman–Crippen MR) is 36.9 cm³/mol. The van der Waals surface area contributed by atoms with Crippen LogP contribution in [0.15, 0.2) is 0 Å². The first-order valence-electron chi connectivity index (χ1n) is 3.27. The van der Waals surface area contributed by atoms with Gasteiger partial charge in [-0.25, -0.2) is 4.79 Å². The van der Waals surface area contributed by atoms with Crippen LogP contribution < -0.4 is 5.73 Å². The van der Waals surface area contributed by atoms with Crippen LogP contribution in [0.1, 0.15) is 12.8 Å². The number of primary amides is 1. The van der Waals surface area contributed by atoms with Crippen molar-refractivity contribution in [3.63, 3.8) is 0 Å². The molecular formula is C6H10N2O3. The fraction of sp³-hybridized carbons (Fsp3) is 0.667. The van der Waals surface area contributed by atoms with E-state index in [4.69, 9.17) is 10.8 Å². The summed E-state index contributed by atoms with van der Waals surface area (Å²) >= 11 is 0. The molecule has 0 aliphatic heterocycles. The molecule has 0 heterocycles. The molecule has 1 aliphatic rings. The lowest BCUT2D eigenvalue weighted by molar-refractivity contribution is -0.123. The van der Waals surface area contributed by atoms with Crippen molar-refractivity contribution >= 4 is 12.0 Å². The van der Waals surface area contributed by atoms with E-state index in [0.717, 1.165) is 4.90 Å². The molecule has 0 aromatic heterocycles. The van der Waals surface area contributed by atoms with E-state index in [0.29, 0.717) is 12.8 Å². The Bertz CT molecular complexity index is 210. The highest BCUT2D eigenvalue weighted by atomic mass is 16.4. The number of hydrogen-bond acceptors (Lipinski definition) is 2. The van der Waals surface area contributed by atoms with Gasteiger partial charge in [-0.3, -0.25) is 9.69 Å². The Hall–Kier alpha value is -1.26. The second-order valence-electron chi connectivity index (χ2n) is 2.74. The van der Waals surface area contributed by atoms with Gasteiger partial charge in [0.2, 0.25) is 5.91 Å². The van der Waals surface area contributed by atoms with Crippen LogP contribution >= 0.6 is 0 Å². The van der Waals surface area contributed by atoms with Crippen LogP contribution in [0.5, 0.6) is 0 Å². The van der Waals surface area contributed by atoms with Crippen molar-refractivity contribution in [1.29, 1.82) is 0 Å². The van der Waals surface area contributed by atoms with E-state index >= 15 is 0 Å². The van der Waals surface area contributed by atoms with Gasteiger partial charge in [0.25, 0.3) is 0 Å². The maximum atomic E-state index is 10.7. The van der Waals surface area contributed by atoms with Crippen molar-refractivity contribution in [2.75, 3.05) is 7.05 Å². The fourth-order valence-corrected chi connectivity index (χ4v) is 1.05. The van der Waals surface area contributed by atoms with Gasteiger partial charge in [0.05, 0.1) is 0 Å². The predicted octanol–water partition coefficient (Wildman–Crippen LogP) is -0.386. The summed E-state index contributed by atoms with van der Waals surface area (Å²) in [6, 6.07) is 0. The topological polar surface area (TPSA) is 83.6 Å². The van der Waals surface area contributed by atoms with Gasteiger partial charge in [0.1, 0.15) is 5.54 Å². The second kappa shape index (κ2) is 2.11. The Morgan fingerprint density at radius 1 is 1.55 bits per heavy atom. The zero-order chi connectivity index (χ0) is 8.65. The van der Waals surface area contributed by atoms with Crippen molar-refractivity contribution in [2.24, 2.45) is 5.73 Å². The van der Waals surface area contributed by atoms with E-state index in [9.17, 15) is 9.59 Å². The van der Waals surface area contributed by atoms with Crippen LogP contribution in [0.3, 0.4) is 0 Å². The van der Waals surface area contributed by atoms with Gasteiger partial charge in [-0.05, 0) is 12.8 Å². The van der Waals surface area contributed by atoms with Crippen LogP contribution in [-0.2, 0) is 4.79 Å². The molecule has 5 heteroatoms. The number of amides is 2. The molecular weight excluding hydrogens is 148 g/mol. The number of hydrogen-bond donors (Lipinski definition) is 2. The fourth-order valence-electron chi connectivity index (χ4n) is 1.05. The summed E-state index contributed by atoms with van der Waals surface area (Å²) in [5, 5.41) is 8.52. The molecule has 1 saturated carbocycles. The molecule has 0 aromatic rings. The van der Waals surface area contributed by atoms with Crippen molar-refractivity contribution in [2.45, 2.75) is 18.4 Å². The summed E-state index contributed by atoms with van der Waals surface area (Å²) in [6.07, 6.45) is -0.0164. The first-order valence-corrected chi connectivity index (χ1v) is 3.27. The smallest absolute Gasteiger partial charge is 0.407 e. The van der Waals surface area contributed by atoms with Crippen LogP contribution in [0.2, 0.25) is 0 Å². The van der Waals surface area contributed by atoms with Gasteiger partial charge in [-0.15, -0.1) is 0 Å². The van der Waals surface area contributed by atoms with E-state index in [1.54, 1.807) is 0 Å². The molecule has 0 aromatic carbocycles. The van der Waals surface area contributed by atoms with Crippen LogP contribution in [0.4, 0.5) is 4.79 Å². The summed E-state index contributed by atoms with van der Waals surface area (Å²) < 4.78 is 0. The zero-order valence-corrected chi connectivity index (χ0v) is 6.20. The standard InChI is InChI=1S/C6H10N2O3/c1-8(5(10)11)6(2-3-6)4(7)9/h2-3H2,1H3,(H2,7,9)(H,10,11). The van der Waals surface area contributed by atoms with E-state index in [1.807, 2.05) is 0 Å². The number of rotatable bonds is 2. The van der Waals surface area contributed by atoms with Crippen molar-refractivity contribution in [3.8, 4) is 0 Å². The first kappa shape index (κ1) is 7.84. The summed E-state index contributed by atoms with van der Waals surface area (Å²) in [5.74, 6) is -0.553. The summed E-state index contributed by atoms with van der Waals surface area (Å²) in [6.45, 7) is 0. The average Bonchev–Trinajstić information content (AvgIpc) is 2.65. The number of nitrogens with two attached hydrogens (primary N) is 1. The number of carbonyl (C=O) groups excluding carboxylic acids is 1. The lowest BCUT2D eigenvalue weighted by Crippen LogP contribution is -2.47. The molecule has 5 nitrogen and oxygen atoms in total. The third-order valence-electron chi connectivity index (χ3n) is 2.11. The maximum absolute atomic E-state index is 10.7. The SMILES string of the molecule is CN(C(=O)O)C1(C(N)=O)CC1. The highest BCUT2D eigenvalue weighted by molar-refractivity contribution is 5.91. The van der Waals surface area contributed by atoms with Gasteiger partial charge in [0.15, 0.2) is 0 Å². The molecule has 2 amide bonds. The Morgan fingerprint density at radius 2 is 2.00 bits per heavy atom. The Morgan fingerprint density at radius 3 is 2.09 bits per heavy atom. The highest BCUT2D eigenvalue weighted by Crippen LogP contribution is 2.40. The van der Waals surface area contributed by atoms with E-state index in [2.05, 4.69) is 0 Å². The van der Waals surface area contributed by atoms with Crippen LogP contribution in [-0.4, -0.2) is 34.6 Å². The monoisotopic (exact) mass is 158 g/mol. The van der Waals surface area contributed by atoms with Crippen molar-refractivity contribution < 1.29 is 14.7 Å². The number of likely N-dealkylation sites (N-methyl/N-ethyl adjacent to an activating group) is 1. The van der Waals surface area contributed by atoms with E-state index in [-0.39, 0.29) is 0 Å². The Labute approximate surface area is 63.8 Å². The third-order valence-corrected chi connectivity index (χ3v) is 2.11. The maximum Gasteiger partial charge on any atom is 0.407 e. The first-order chi connectivity index (χ1) is 5.00. The van der Waals surface area contributed by atoms with E-state index in [1.165, 1.54) is 7.05 Å².